The lowest BCUT2D eigenvalue weighted by molar-refractivity contribution is -0.395. The molecule has 1 heteroatoms. The molecule has 0 saturated heterocycles. The van der Waals surface area contributed by atoms with Gasteiger partial charge in [0, 0.05) is 10.4 Å². The quantitative estimate of drug-likeness (QED) is 0.205. The second-order valence-electron chi connectivity index (χ2n) is 12.3. The molecule has 36 heavy (non-hydrogen) atoms. The fraction of sp³-hybridized carbons (Fsp3) is 0.257. The highest BCUT2D eigenvalue weighted by atomic mass is 35.5. The topological polar surface area (TPSA) is 0 Å². The van der Waals surface area contributed by atoms with Crippen LogP contribution < -0.4 is 0 Å². The maximum atomic E-state index is 6.61. The summed E-state index contributed by atoms with van der Waals surface area (Å²) in [5, 5.41) is 14.3. The van der Waals surface area contributed by atoms with Gasteiger partial charge in [0.25, 0.3) is 0 Å². The largest absolute Gasteiger partial charge is 0.0843 e. The van der Waals surface area contributed by atoms with Crippen molar-refractivity contribution in [1.29, 1.82) is 0 Å². The van der Waals surface area contributed by atoms with Gasteiger partial charge in [0.05, 0.1) is 0 Å². The summed E-state index contributed by atoms with van der Waals surface area (Å²) in [5.74, 6) is 3.05. The zero-order chi connectivity index (χ0) is 23.4. The number of benzene rings is 6. The zero-order valence-corrected chi connectivity index (χ0v) is 20.8. The van der Waals surface area contributed by atoms with E-state index in [0.717, 1.165) is 22.8 Å². The van der Waals surface area contributed by atoms with E-state index >= 15 is 0 Å². The third kappa shape index (κ3) is 1.80. The highest BCUT2D eigenvalue weighted by Gasteiger charge is 2.87. The van der Waals surface area contributed by atoms with E-state index in [2.05, 4.69) is 84.9 Å². The van der Waals surface area contributed by atoms with E-state index in [-0.39, 0.29) is 0 Å². The molecule has 6 aromatic carbocycles. The van der Waals surface area contributed by atoms with Crippen molar-refractivity contribution >= 4 is 65.5 Å². The van der Waals surface area contributed by atoms with Crippen molar-refractivity contribution in [2.45, 2.75) is 31.1 Å². The molecule has 2 unspecified atom stereocenters. The Hall–Kier alpha value is -3.09. The number of hydrogen-bond acceptors (Lipinski definition) is 0. The third-order valence-corrected chi connectivity index (χ3v) is 11.7. The summed E-state index contributed by atoms with van der Waals surface area (Å²) in [5.41, 5.74) is 2.76. The Morgan fingerprint density at radius 2 is 1.08 bits per heavy atom. The van der Waals surface area contributed by atoms with E-state index in [1.807, 2.05) is 0 Å². The van der Waals surface area contributed by atoms with E-state index < -0.39 is 0 Å². The van der Waals surface area contributed by atoms with Crippen molar-refractivity contribution in [1.82, 2.24) is 0 Å². The summed E-state index contributed by atoms with van der Waals surface area (Å²) < 4.78 is 0. The molecular weight excluding hydrogens is 456 g/mol. The maximum absolute atomic E-state index is 6.61. The predicted molar refractivity (Wildman–Crippen MR) is 152 cm³/mol. The van der Waals surface area contributed by atoms with E-state index in [1.54, 1.807) is 5.56 Å². The molecule has 0 nitrogen and oxygen atoms in total. The van der Waals surface area contributed by atoms with E-state index in [9.17, 15) is 0 Å². The van der Waals surface area contributed by atoms with Crippen molar-refractivity contribution in [2.75, 3.05) is 0 Å². The normalized spacial score (nSPS) is 31.5. The van der Waals surface area contributed by atoms with Crippen molar-refractivity contribution in [2.24, 2.45) is 23.2 Å². The Balaban J connectivity index is 1.42. The first-order valence-corrected chi connectivity index (χ1v) is 14.0. The van der Waals surface area contributed by atoms with Gasteiger partial charge in [-0.15, -0.1) is 0 Å². The second kappa shape index (κ2) is 5.90. The minimum atomic E-state index is 0.458. The van der Waals surface area contributed by atoms with Crippen molar-refractivity contribution in [3.63, 3.8) is 0 Å². The van der Waals surface area contributed by atoms with Gasteiger partial charge in [-0.2, -0.15) is 0 Å². The number of halogens is 1. The van der Waals surface area contributed by atoms with Crippen molar-refractivity contribution in [3.05, 3.63) is 95.5 Å². The second-order valence-corrected chi connectivity index (χ2v) is 12.7. The standard InChI is InChI=1S/C35H25Cl/c36-23-10-12-29-30(16-23)26-11-9-19(34-17-21-13-20-14-22(18-34)35(20,21)34)15-31(26)33-28-8-4-2-6-25(28)24-5-1-3-7-27(24)32(29)33/h1-12,15-16,20-22H,13-14,17-18H2. The highest BCUT2D eigenvalue weighted by molar-refractivity contribution is 6.40. The molecule has 0 aromatic heterocycles. The molecule has 4 saturated carbocycles. The fourth-order valence-electron chi connectivity index (χ4n) is 10.4. The predicted octanol–water partition coefficient (Wildman–Crippen LogP) is 9.79. The third-order valence-electron chi connectivity index (χ3n) is 11.5. The van der Waals surface area contributed by atoms with Crippen molar-refractivity contribution < 1.29 is 0 Å². The highest BCUT2D eigenvalue weighted by Crippen LogP contribution is 2.92. The maximum Gasteiger partial charge on any atom is 0.0412 e. The Morgan fingerprint density at radius 1 is 0.528 bits per heavy atom. The van der Waals surface area contributed by atoms with Crippen LogP contribution in [0, 0.1) is 23.2 Å². The number of hydrogen-bond donors (Lipinski definition) is 0. The molecule has 0 heterocycles. The molecule has 4 aliphatic carbocycles. The van der Waals surface area contributed by atoms with Gasteiger partial charge in [-0.1, -0.05) is 78.3 Å². The number of fused-ring (bicyclic) bond motifs is 11. The van der Waals surface area contributed by atoms with Gasteiger partial charge in [-0.3, -0.25) is 0 Å². The molecule has 0 aliphatic heterocycles. The monoisotopic (exact) mass is 480 g/mol. The first-order valence-electron chi connectivity index (χ1n) is 13.6. The molecule has 10 rings (SSSR count). The average molecular weight is 481 g/mol. The fourth-order valence-corrected chi connectivity index (χ4v) is 10.5. The Bertz CT molecular complexity index is 1970. The minimum Gasteiger partial charge on any atom is -0.0843 e. The summed E-state index contributed by atoms with van der Waals surface area (Å²) in [6.45, 7) is 0. The van der Waals surface area contributed by atoms with Gasteiger partial charge in [-0.25, -0.2) is 0 Å². The van der Waals surface area contributed by atoms with E-state index in [0.29, 0.717) is 10.8 Å². The minimum absolute atomic E-state index is 0.458. The lowest BCUT2D eigenvalue weighted by atomic mass is 9.12. The lowest BCUT2D eigenvalue weighted by Crippen LogP contribution is -2.87. The van der Waals surface area contributed by atoms with Gasteiger partial charge in [-0.05, 0) is 126 Å². The number of rotatable bonds is 1. The molecule has 1 spiro atoms. The average Bonchev–Trinajstić information content (AvgIpc) is 2.86. The van der Waals surface area contributed by atoms with E-state index in [4.69, 9.17) is 11.6 Å². The smallest absolute Gasteiger partial charge is 0.0412 e. The van der Waals surface area contributed by atoms with Crippen LogP contribution in [0.25, 0.3) is 53.9 Å². The van der Waals surface area contributed by atoms with Crippen LogP contribution in [-0.4, -0.2) is 0 Å². The van der Waals surface area contributed by atoms with Gasteiger partial charge < -0.3 is 0 Å². The van der Waals surface area contributed by atoms with Crippen LogP contribution in [0.3, 0.4) is 0 Å². The van der Waals surface area contributed by atoms with Crippen molar-refractivity contribution in [3.8, 4) is 0 Å². The molecule has 172 valence electrons. The molecule has 0 bridgehead atoms. The van der Waals surface area contributed by atoms with Gasteiger partial charge in [0.1, 0.15) is 0 Å². The summed E-state index contributed by atoms with van der Waals surface area (Å²) in [4.78, 5) is 0. The van der Waals surface area contributed by atoms with Crippen LogP contribution >= 0.6 is 11.6 Å². The van der Waals surface area contributed by atoms with Crippen LogP contribution in [0.1, 0.15) is 31.2 Å². The molecule has 0 radical (unpaired) electrons. The van der Waals surface area contributed by atoms with E-state index in [1.165, 1.54) is 79.5 Å². The molecule has 4 fully saturated rings. The first-order chi connectivity index (χ1) is 17.7. The Morgan fingerprint density at radius 3 is 1.72 bits per heavy atom. The summed E-state index contributed by atoms with van der Waals surface area (Å²) >= 11 is 6.61. The molecule has 4 aliphatic rings. The molecule has 6 aromatic rings. The lowest BCUT2D eigenvalue weighted by Gasteiger charge is -2.91. The van der Waals surface area contributed by atoms with Crippen LogP contribution in [0.2, 0.25) is 5.02 Å². The summed E-state index contributed by atoms with van der Waals surface area (Å²) in [6, 6.07) is 32.0. The van der Waals surface area contributed by atoms with Crippen LogP contribution in [0.4, 0.5) is 0 Å². The SMILES string of the molecule is Clc1ccc2c(c1)c1ccc(C34CC5CC6CC(C3)C654)cc1c1c3ccccc3c3ccccc3c21. The molecule has 2 atom stereocenters. The van der Waals surface area contributed by atoms with Crippen LogP contribution in [0.15, 0.2) is 84.9 Å². The molecule has 0 amide bonds. The Kier molecular flexibility index (Phi) is 3.12. The van der Waals surface area contributed by atoms with Crippen LogP contribution in [0.5, 0.6) is 0 Å². The first kappa shape index (κ1) is 19.1. The van der Waals surface area contributed by atoms with Crippen LogP contribution in [-0.2, 0) is 5.41 Å². The summed E-state index contributed by atoms with van der Waals surface area (Å²) in [7, 11) is 0. The Labute approximate surface area is 214 Å². The molecular formula is C35H25Cl. The zero-order valence-electron chi connectivity index (χ0n) is 20.0. The molecule has 0 N–H and O–H groups in total. The summed E-state index contributed by atoms with van der Waals surface area (Å²) in [6.07, 6.45) is 5.86. The van der Waals surface area contributed by atoms with Gasteiger partial charge in [0.15, 0.2) is 0 Å². The van der Waals surface area contributed by atoms with Gasteiger partial charge in [0.2, 0.25) is 0 Å². The van der Waals surface area contributed by atoms with Gasteiger partial charge >= 0.3 is 0 Å².